The maximum atomic E-state index is 14.2. The number of hydrogen-bond donors (Lipinski definition) is 3. The number of aromatic nitrogens is 4. The summed E-state index contributed by atoms with van der Waals surface area (Å²) in [6.45, 7) is 9.24. The Morgan fingerprint density at radius 2 is 2.04 bits per heavy atom. The molecule has 1 aliphatic carbocycles. The van der Waals surface area contributed by atoms with Gasteiger partial charge in [0.2, 0.25) is 17.6 Å². The number of amides is 3. The van der Waals surface area contributed by atoms with E-state index in [9.17, 15) is 24.3 Å². The number of hydrogen-bond acceptors (Lipinski definition) is 9. The smallest absolute Gasteiger partial charge is 0.408 e. The van der Waals surface area contributed by atoms with Crippen LogP contribution in [0.1, 0.15) is 71.8 Å². The summed E-state index contributed by atoms with van der Waals surface area (Å²) in [6, 6.07) is 2.81. The summed E-state index contributed by atoms with van der Waals surface area (Å²) in [6.07, 6.45) is 8.46. The minimum absolute atomic E-state index is 0.0423. The van der Waals surface area contributed by atoms with Crippen molar-refractivity contribution in [2.75, 3.05) is 13.2 Å². The molecule has 2 fully saturated rings. The van der Waals surface area contributed by atoms with E-state index in [2.05, 4.69) is 48.6 Å². The monoisotopic (exact) mass is 727 g/mol. The Labute approximate surface area is 287 Å². The number of carbonyl (C=O) groups excluding carboxylic acids is 3. The summed E-state index contributed by atoms with van der Waals surface area (Å²) < 4.78 is 11.8. The van der Waals surface area contributed by atoms with Crippen LogP contribution in [0.2, 0.25) is 0 Å². The number of fused-ring (bicyclic) bond motifs is 2. The van der Waals surface area contributed by atoms with Crippen LogP contribution in [0, 0.1) is 5.92 Å². The molecule has 0 bridgehead atoms. The van der Waals surface area contributed by atoms with Gasteiger partial charge in [-0.05, 0) is 85.8 Å². The fourth-order valence-corrected chi connectivity index (χ4v) is 6.59. The Morgan fingerprint density at radius 3 is 2.75 bits per heavy atom. The van der Waals surface area contributed by atoms with Crippen LogP contribution >= 0.6 is 15.9 Å². The normalized spacial score (nSPS) is 27.0. The maximum Gasteiger partial charge on any atom is 0.408 e. The highest BCUT2D eigenvalue weighted by Gasteiger charge is 2.61. The second kappa shape index (κ2) is 14.5. The van der Waals surface area contributed by atoms with E-state index in [1.165, 1.54) is 9.70 Å². The van der Waals surface area contributed by atoms with Gasteiger partial charge in [0.25, 0.3) is 0 Å². The quantitative estimate of drug-likeness (QED) is 0.351. The fraction of sp³-hybridized carbons (Fsp3) is 0.545. The summed E-state index contributed by atoms with van der Waals surface area (Å²) in [4.78, 5) is 56.1. The first kappa shape index (κ1) is 35.0. The van der Waals surface area contributed by atoms with E-state index in [0.717, 1.165) is 19.3 Å². The molecule has 5 rings (SSSR count). The molecule has 3 heterocycles. The molecule has 1 aromatic heterocycles. The number of nitrogens with one attached hydrogen (secondary N) is 2. The minimum Gasteiger partial charge on any atom is -0.488 e. The molecule has 3 aliphatic rings. The fourth-order valence-electron chi connectivity index (χ4n) is 6.10. The van der Waals surface area contributed by atoms with Crippen LogP contribution < -0.4 is 15.4 Å². The number of carbonyl (C=O) groups is 4. The lowest BCUT2D eigenvalue weighted by atomic mass is 10.0. The van der Waals surface area contributed by atoms with Crippen LogP contribution in [0.5, 0.6) is 5.75 Å². The largest absolute Gasteiger partial charge is 0.488 e. The van der Waals surface area contributed by atoms with Crippen LogP contribution in [-0.2, 0) is 19.1 Å². The van der Waals surface area contributed by atoms with E-state index in [0.29, 0.717) is 41.1 Å². The third kappa shape index (κ3) is 8.05. The third-order valence-electron chi connectivity index (χ3n) is 8.63. The molecule has 1 saturated heterocycles. The molecule has 3 N–H and O–H groups in total. The highest BCUT2D eigenvalue weighted by atomic mass is 79.9. The van der Waals surface area contributed by atoms with Gasteiger partial charge in [-0.3, -0.25) is 9.59 Å². The molecule has 5 atom stereocenters. The molecule has 0 unspecified atom stereocenters. The first-order chi connectivity index (χ1) is 22.8. The summed E-state index contributed by atoms with van der Waals surface area (Å²) in [5.74, 6) is -1.58. The summed E-state index contributed by atoms with van der Waals surface area (Å²) in [7, 11) is 0. The van der Waals surface area contributed by atoms with E-state index in [1.807, 2.05) is 12.2 Å². The van der Waals surface area contributed by atoms with Crippen LogP contribution in [0.4, 0.5) is 4.79 Å². The van der Waals surface area contributed by atoms with E-state index in [-0.39, 0.29) is 25.3 Å². The number of nitrogens with zero attached hydrogens (tertiary/aromatic N) is 5. The zero-order valence-corrected chi connectivity index (χ0v) is 28.9. The number of aliphatic carboxylic acids is 1. The number of ether oxygens (including phenoxy) is 2. The molecule has 1 aromatic carbocycles. The number of halogens is 1. The summed E-state index contributed by atoms with van der Waals surface area (Å²) in [5.41, 5.74) is -1.56. The number of alkyl carbamates (subject to hydrolysis) is 1. The van der Waals surface area contributed by atoms with E-state index in [1.54, 1.807) is 45.0 Å². The predicted octanol–water partition coefficient (Wildman–Crippen LogP) is 4.18. The van der Waals surface area contributed by atoms with Crippen LogP contribution in [0.3, 0.4) is 0 Å². The van der Waals surface area contributed by atoms with Gasteiger partial charge in [-0.1, -0.05) is 37.6 Å². The van der Waals surface area contributed by atoms with Gasteiger partial charge in [0.1, 0.15) is 35.6 Å². The Bertz CT molecular complexity index is 1590. The Morgan fingerprint density at radius 1 is 1.25 bits per heavy atom. The van der Waals surface area contributed by atoms with Gasteiger partial charge in [0.15, 0.2) is 0 Å². The van der Waals surface area contributed by atoms with E-state index < -0.39 is 53.1 Å². The minimum atomic E-state index is -1.44. The van der Waals surface area contributed by atoms with Gasteiger partial charge < -0.3 is 30.1 Å². The standard InChI is InChI=1S/C33H42BrN7O7/c1-5-15-47-26-14-13-20(16-23(26)34)27-37-39-41(38-27)22-17-25-28(42)36-33(30(44)45)18-21(33)11-9-7-6-8-10-12-24(29(43)40(25)19-22)35-31(46)48-32(2,3)4/h5,9,11,13-14,16,21-22,24-25H,1,6-8,10,12,15,17-19H2,2-4H3,(H,35,46)(H,36,42)(H,44,45)/b11-9-/t21-,22+,24-,25-,33+/m0/s1. The van der Waals surface area contributed by atoms with E-state index >= 15 is 0 Å². The third-order valence-corrected chi connectivity index (χ3v) is 9.25. The van der Waals surface area contributed by atoms with Crippen molar-refractivity contribution in [2.24, 2.45) is 5.92 Å². The highest BCUT2D eigenvalue weighted by molar-refractivity contribution is 9.10. The zero-order chi connectivity index (χ0) is 34.6. The van der Waals surface area contributed by atoms with Crippen molar-refractivity contribution in [3.8, 4) is 17.1 Å². The lowest BCUT2D eigenvalue weighted by molar-refractivity contribution is -0.145. The number of tetrazole rings is 1. The van der Waals surface area contributed by atoms with Gasteiger partial charge in [-0.2, -0.15) is 4.80 Å². The molecule has 48 heavy (non-hydrogen) atoms. The molecule has 0 radical (unpaired) electrons. The summed E-state index contributed by atoms with van der Waals surface area (Å²) >= 11 is 3.50. The molecular formula is C33H42BrN7O7. The lowest BCUT2D eigenvalue weighted by Crippen LogP contribution is -2.56. The Balaban J connectivity index is 1.43. The van der Waals surface area contributed by atoms with Crippen molar-refractivity contribution in [3.63, 3.8) is 0 Å². The predicted molar refractivity (Wildman–Crippen MR) is 178 cm³/mol. The SMILES string of the molecule is C=CCOc1ccc(-c2nnn([C@@H]3C[C@H]4C(=O)N[C@]5(C(=O)O)C[C@@H]5/C=C\CCCCC[C@H](NC(=O)OC(C)(C)C)C(=O)N4C3)n2)cc1Br. The van der Waals surface area contributed by atoms with E-state index in [4.69, 9.17) is 9.47 Å². The van der Waals surface area contributed by atoms with Crippen molar-refractivity contribution >= 4 is 39.8 Å². The van der Waals surface area contributed by atoms with Crippen LogP contribution in [-0.4, -0.2) is 90.5 Å². The number of carboxylic acid groups (broad SMARTS) is 1. The van der Waals surface area contributed by atoms with Crippen LogP contribution in [0.15, 0.2) is 47.5 Å². The summed E-state index contributed by atoms with van der Waals surface area (Å²) in [5, 5.41) is 28.7. The second-order valence-electron chi connectivity index (χ2n) is 13.4. The number of carboxylic acids is 1. The van der Waals surface area contributed by atoms with Gasteiger partial charge in [0, 0.05) is 24.4 Å². The van der Waals surface area contributed by atoms with Gasteiger partial charge >= 0.3 is 12.1 Å². The van der Waals surface area contributed by atoms with Crippen molar-refractivity contribution in [1.82, 2.24) is 35.7 Å². The molecule has 0 spiro atoms. The average Bonchev–Trinajstić information content (AvgIpc) is 3.32. The highest BCUT2D eigenvalue weighted by Crippen LogP contribution is 2.45. The molecule has 3 amide bonds. The average molecular weight is 729 g/mol. The van der Waals surface area contributed by atoms with Crippen molar-refractivity contribution in [1.29, 1.82) is 0 Å². The number of allylic oxidation sites excluding steroid dienone is 1. The molecular weight excluding hydrogens is 686 g/mol. The second-order valence-corrected chi connectivity index (χ2v) is 14.3. The Kier molecular flexibility index (Phi) is 10.6. The van der Waals surface area contributed by atoms with Crippen molar-refractivity contribution in [2.45, 2.75) is 95.0 Å². The van der Waals surface area contributed by atoms with Gasteiger partial charge in [-0.25, -0.2) is 9.59 Å². The topological polar surface area (TPSA) is 178 Å². The van der Waals surface area contributed by atoms with Crippen molar-refractivity contribution in [3.05, 3.63) is 47.5 Å². The maximum absolute atomic E-state index is 14.2. The molecule has 14 nitrogen and oxygen atoms in total. The molecule has 15 heteroatoms. The van der Waals surface area contributed by atoms with Crippen molar-refractivity contribution < 1.29 is 33.8 Å². The first-order valence-corrected chi connectivity index (χ1v) is 17.0. The molecule has 2 aliphatic heterocycles. The van der Waals surface area contributed by atoms with Gasteiger partial charge in [0.05, 0.1) is 10.5 Å². The molecule has 1 saturated carbocycles. The van der Waals surface area contributed by atoms with Gasteiger partial charge in [-0.15, -0.1) is 10.2 Å². The van der Waals surface area contributed by atoms with Crippen LogP contribution in [0.25, 0.3) is 11.4 Å². The number of benzene rings is 1. The lowest BCUT2D eigenvalue weighted by Gasteiger charge is -2.30. The number of rotatable bonds is 7. The first-order valence-electron chi connectivity index (χ1n) is 16.2. The zero-order valence-electron chi connectivity index (χ0n) is 27.4. The Hall–Kier alpha value is -4.27. The molecule has 258 valence electrons. The molecule has 2 aromatic rings.